The van der Waals surface area contributed by atoms with E-state index in [1.807, 2.05) is 57.2 Å². The fraction of sp³-hybridized carbons (Fsp3) is 0.533. The van der Waals surface area contributed by atoms with Gasteiger partial charge in [-0.3, -0.25) is 4.90 Å². The highest BCUT2D eigenvalue weighted by molar-refractivity contribution is 7.99. The summed E-state index contributed by atoms with van der Waals surface area (Å²) < 4.78 is 5.20. The van der Waals surface area contributed by atoms with Crippen LogP contribution in [0.3, 0.4) is 0 Å². The van der Waals surface area contributed by atoms with Crippen molar-refractivity contribution in [3.05, 3.63) is 36.4 Å². The number of amides is 1. The summed E-state index contributed by atoms with van der Waals surface area (Å²) in [5.41, 5.74) is -0.371. The summed E-state index contributed by atoms with van der Waals surface area (Å²) >= 11 is 1.76. The van der Waals surface area contributed by atoms with Gasteiger partial charge < -0.3 is 9.84 Å². The number of hydrogen-bond acceptors (Lipinski definition) is 4. The highest BCUT2D eigenvalue weighted by Gasteiger charge is 2.24. The van der Waals surface area contributed by atoms with Crippen molar-refractivity contribution < 1.29 is 14.6 Å². The van der Waals surface area contributed by atoms with Crippen LogP contribution in [0.4, 0.5) is 4.79 Å². The molecule has 1 amide bonds. The van der Waals surface area contributed by atoms with Crippen molar-refractivity contribution in [2.45, 2.75) is 26.4 Å². The number of carbonyl (C=O) groups is 1. The molecular weight excluding hydrogens is 274 g/mol. The fourth-order valence-corrected chi connectivity index (χ4v) is 2.20. The maximum absolute atomic E-state index is 11.4. The van der Waals surface area contributed by atoms with Gasteiger partial charge in [-0.1, -0.05) is 36.4 Å². The first-order chi connectivity index (χ1) is 9.49. The molecule has 114 valence electrons. The largest absolute Gasteiger partial charge is 0.444 e. The molecule has 1 fully saturated rings. The molecule has 0 atom stereocenters. The van der Waals surface area contributed by atoms with Gasteiger partial charge in [0.2, 0.25) is 0 Å². The van der Waals surface area contributed by atoms with Gasteiger partial charge in [-0.05, 0) is 20.8 Å². The van der Waals surface area contributed by atoms with Crippen molar-refractivity contribution in [1.82, 2.24) is 4.90 Å². The molecule has 0 unspecified atom stereocenters. The van der Waals surface area contributed by atoms with Gasteiger partial charge in [0.1, 0.15) is 5.60 Å². The lowest BCUT2D eigenvalue weighted by molar-refractivity contribution is 0.0308. The summed E-state index contributed by atoms with van der Waals surface area (Å²) in [6.45, 7) is 6.47. The van der Waals surface area contributed by atoms with Gasteiger partial charge in [0, 0.05) is 19.4 Å². The van der Waals surface area contributed by atoms with E-state index in [0.717, 1.165) is 25.3 Å². The summed E-state index contributed by atoms with van der Waals surface area (Å²) in [4.78, 5) is 13.1. The van der Waals surface area contributed by atoms with Crippen LogP contribution < -0.4 is 0 Å². The number of nitrogens with zero attached hydrogens (tertiary/aromatic N) is 1. The Morgan fingerprint density at radius 1 is 1.10 bits per heavy atom. The van der Waals surface area contributed by atoms with Crippen LogP contribution in [-0.4, -0.2) is 47.0 Å². The van der Waals surface area contributed by atoms with E-state index in [1.54, 1.807) is 16.7 Å². The molecule has 4 nitrogen and oxygen atoms in total. The third-order valence-electron chi connectivity index (χ3n) is 2.07. The first-order valence-corrected chi connectivity index (χ1v) is 7.65. The highest BCUT2D eigenvalue weighted by Crippen LogP contribution is 2.17. The Kier molecular flexibility index (Phi) is 9.94. The summed E-state index contributed by atoms with van der Waals surface area (Å²) in [7, 11) is 1.00. The van der Waals surface area contributed by atoms with Crippen LogP contribution in [0.15, 0.2) is 36.4 Å². The van der Waals surface area contributed by atoms with Crippen LogP contribution >= 0.6 is 11.8 Å². The molecule has 1 aliphatic rings. The molecule has 0 spiro atoms. The van der Waals surface area contributed by atoms with Crippen molar-refractivity contribution in [2.24, 2.45) is 0 Å². The molecule has 5 heteroatoms. The van der Waals surface area contributed by atoms with E-state index >= 15 is 0 Å². The SMILES string of the molecule is CC(C)(C)OC(=O)N1CCSC1.CO.c1ccccc1. The molecule has 0 bridgehead atoms. The highest BCUT2D eigenvalue weighted by atomic mass is 32.2. The molecule has 20 heavy (non-hydrogen) atoms. The number of ether oxygens (including phenoxy) is 1. The average molecular weight is 299 g/mol. The van der Waals surface area contributed by atoms with Gasteiger partial charge in [0.05, 0.1) is 5.88 Å². The zero-order valence-corrected chi connectivity index (χ0v) is 13.5. The van der Waals surface area contributed by atoms with Crippen molar-refractivity contribution >= 4 is 17.9 Å². The Labute approximate surface area is 126 Å². The predicted molar refractivity (Wildman–Crippen MR) is 84.8 cm³/mol. The monoisotopic (exact) mass is 299 g/mol. The third-order valence-corrected chi connectivity index (χ3v) is 3.04. The quantitative estimate of drug-likeness (QED) is 0.799. The Bertz CT molecular complexity index is 319. The molecule has 0 saturated carbocycles. The van der Waals surface area contributed by atoms with Crippen molar-refractivity contribution in [3.8, 4) is 0 Å². The fourth-order valence-electron chi connectivity index (χ4n) is 1.27. The number of rotatable bonds is 0. The maximum atomic E-state index is 11.4. The Balaban J connectivity index is 0.000000377. The summed E-state index contributed by atoms with van der Waals surface area (Å²) in [6, 6.07) is 12.0. The second kappa shape index (κ2) is 10.6. The lowest BCUT2D eigenvalue weighted by Gasteiger charge is -2.23. The average Bonchev–Trinajstić information content (AvgIpc) is 2.96. The van der Waals surface area contributed by atoms with Crippen molar-refractivity contribution in [2.75, 3.05) is 25.3 Å². The smallest absolute Gasteiger partial charge is 0.411 e. The van der Waals surface area contributed by atoms with E-state index < -0.39 is 0 Å². The van der Waals surface area contributed by atoms with Gasteiger partial charge in [-0.2, -0.15) is 0 Å². The molecule has 1 N–H and O–H groups in total. The zero-order valence-electron chi connectivity index (χ0n) is 12.7. The molecule has 0 aliphatic carbocycles. The number of aliphatic hydroxyl groups is 1. The van der Waals surface area contributed by atoms with E-state index in [0.29, 0.717) is 0 Å². The van der Waals surface area contributed by atoms with Crippen molar-refractivity contribution in [3.63, 3.8) is 0 Å². The van der Waals surface area contributed by atoms with Gasteiger partial charge in [-0.15, -0.1) is 11.8 Å². The van der Waals surface area contributed by atoms with E-state index in [2.05, 4.69) is 0 Å². The standard InChI is InChI=1S/C8H15NO2S.C6H6.CH4O/c1-8(2,3)11-7(10)9-4-5-12-6-9;1-2-4-6-5-3-1;1-2/h4-6H2,1-3H3;1-6H;2H,1H3. The minimum absolute atomic E-state index is 0.187. The number of carbonyl (C=O) groups excluding carboxylic acids is 1. The normalized spacial score (nSPS) is 13.6. The van der Waals surface area contributed by atoms with Crippen LogP contribution in [0.1, 0.15) is 20.8 Å². The van der Waals surface area contributed by atoms with Gasteiger partial charge in [0.15, 0.2) is 0 Å². The van der Waals surface area contributed by atoms with E-state index in [4.69, 9.17) is 9.84 Å². The Morgan fingerprint density at radius 3 is 1.85 bits per heavy atom. The maximum Gasteiger partial charge on any atom is 0.411 e. The molecule has 1 aromatic carbocycles. The third kappa shape index (κ3) is 9.69. The first-order valence-electron chi connectivity index (χ1n) is 6.49. The van der Waals surface area contributed by atoms with Gasteiger partial charge in [0.25, 0.3) is 0 Å². The summed E-state index contributed by atoms with van der Waals surface area (Å²) in [5.74, 6) is 1.80. The molecule has 0 radical (unpaired) electrons. The van der Waals surface area contributed by atoms with Crippen LogP contribution in [0.5, 0.6) is 0 Å². The lowest BCUT2D eigenvalue weighted by Crippen LogP contribution is -2.34. The van der Waals surface area contributed by atoms with Crippen LogP contribution in [0.25, 0.3) is 0 Å². The predicted octanol–water partition coefficient (Wildman–Crippen LogP) is 3.22. The van der Waals surface area contributed by atoms with E-state index in [9.17, 15) is 4.79 Å². The Hall–Kier alpha value is -1.20. The van der Waals surface area contributed by atoms with Gasteiger partial charge >= 0.3 is 6.09 Å². The van der Waals surface area contributed by atoms with Crippen LogP contribution in [0.2, 0.25) is 0 Å². The molecule has 1 aliphatic heterocycles. The van der Waals surface area contributed by atoms with E-state index in [-0.39, 0.29) is 11.7 Å². The molecule has 1 saturated heterocycles. The number of aliphatic hydroxyl groups excluding tert-OH is 1. The van der Waals surface area contributed by atoms with E-state index in [1.165, 1.54) is 0 Å². The summed E-state index contributed by atoms with van der Waals surface area (Å²) in [5, 5.41) is 7.00. The summed E-state index contributed by atoms with van der Waals surface area (Å²) in [6.07, 6.45) is -0.187. The molecule has 0 aromatic heterocycles. The van der Waals surface area contributed by atoms with Gasteiger partial charge in [-0.25, -0.2) is 4.79 Å². The second-order valence-corrected chi connectivity index (χ2v) is 6.01. The lowest BCUT2D eigenvalue weighted by atomic mass is 10.2. The molecule has 1 aromatic rings. The van der Waals surface area contributed by atoms with Crippen LogP contribution in [0, 0.1) is 0 Å². The van der Waals surface area contributed by atoms with Crippen LogP contribution in [-0.2, 0) is 4.74 Å². The minimum Gasteiger partial charge on any atom is -0.444 e. The first kappa shape index (κ1) is 18.8. The Morgan fingerprint density at radius 2 is 1.55 bits per heavy atom. The topological polar surface area (TPSA) is 49.8 Å². The molecule has 1 heterocycles. The number of thioether (sulfide) groups is 1. The number of hydrogen-bond donors (Lipinski definition) is 1. The molecule has 2 rings (SSSR count). The number of benzene rings is 1. The molecular formula is C15H25NO3S. The second-order valence-electron chi connectivity index (χ2n) is 4.94. The zero-order chi connectivity index (χ0) is 15.4. The minimum atomic E-state index is -0.371. The van der Waals surface area contributed by atoms with Crippen molar-refractivity contribution in [1.29, 1.82) is 0 Å².